The summed E-state index contributed by atoms with van der Waals surface area (Å²) in [6.07, 6.45) is 0. The van der Waals surface area contributed by atoms with Crippen molar-refractivity contribution in [3.8, 4) is 0 Å². The molecule has 2 N–H and O–H groups in total. The average molecular weight is 546 g/mol. The first-order valence-corrected chi connectivity index (χ1v) is 13.3. The van der Waals surface area contributed by atoms with Gasteiger partial charge in [0.2, 0.25) is 0 Å². The van der Waals surface area contributed by atoms with Crippen molar-refractivity contribution in [2.45, 2.75) is 32.9 Å². The molecule has 1 heterocycles. The van der Waals surface area contributed by atoms with Crippen LogP contribution >= 0.6 is 0 Å². The molecule has 1 aliphatic rings. The molecule has 0 saturated carbocycles. The molecular weight excluding hydrogens is 509 g/mol. The highest BCUT2D eigenvalue weighted by atomic mass is 19.1. The number of hydrogen-bond donors (Lipinski definition) is 2. The van der Waals surface area contributed by atoms with Gasteiger partial charge in [0.15, 0.2) is 0 Å². The van der Waals surface area contributed by atoms with Gasteiger partial charge in [-0.05, 0) is 68.8 Å². The van der Waals surface area contributed by atoms with E-state index in [0.717, 1.165) is 11.3 Å². The predicted octanol–water partition coefficient (Wildman–Crippen LogP) is 4.98. The number of benzene rings is 3. The van der Waals surface area contributed by atoms with Gasteiger partial charge in [0.25, 0.3) is 11.8 Å². The van der Waals surface area contributed by atoms with Gasteiger partial charge < -0.3 is 25.3 Å². The molecule has 0 bridgehead atoms. The predicted molar refractivity (Wildman–Crippen MR) is 155 cm³/mol. The third-order valence-corrected chi connectivity index (χ3v) is 6.59. The number of piperazine rings is 1. The molecule has 0 unspecified atom stereocenters. The minimum absolute atomic E-state index is 0.107. The number of carbonyl (C=O) groups is 3. The van der Waals surface area contributed by atoms with Gasteiger partial charge >= 0.3 is 6.03 Å². The Morgan fingerprint density at radius 1 is 0.900 bits per heavy atom. The van der Waals surface area contributed by atoms with Gasteiger partial charge in [-0.3, -0.25) is 9.59 Å². The zero-order chi connectivity index (χ0) is 28.9. The lowest BCUT2D eigenvalue weighted by Gasteiger charge is -2.38. The zero-order valence-corrected chi connectivity index (χ0v) is 23.4. The van der Waals surface area contributed by atoms with Crippen LogP contribution < -0.4 is 15.5 Å². The first kappa shape index (κ1) is 28.6. The summed E-state index contributed by atoms with van der Waals surface area (Å²) in [7, 11) is 1.75. The Kier molecular flexibility index (Phi) is 8.72. The van der Waals surface area contributed by atoms with Crippen molar-refractivity contribution in [2.75, 3.05) is 43.4 Å². The number of halogens is 1. The molecule has 1 saturated heterocycles. The largest absolute Gasteiger partial charge is 0.367 e. The molecule has 0 spiro atoms. The minimum atomic E-state index is -0.425. The van der Waals surface area contributed by atoms with Crippen molar-refractivity contribution in [1.82, 2.24) is 15.1 Å². The molecule has 0 aliphatic carbocycles. The van der Waals surface area contributed by atoms with Gasteiger partial charge in [-0.15, -0.1) is 0 Å². The highest BCUT2D eigenvalue weighted by molar-refractivity contribution is 6.06. The summed E-state index contributed by atoms with van der Waals surface area (Å²) in [5, 5.41) is 5.82. The Labute approximate surface area is 234 Å². The molecule has 8 nitrogen and oxygen atoms in total. The standard InChI is InChI=1S/C31H36FN5O3/c1-31(2,3)34-30(40)37-18-16-36(17-19-37)27-15-14-25(33-28(38)23-10-12-24(32)13-11-23)20-26(27)29(39)35(4)21-22-8-6-5-7-9-22/h5-15,20H,16-19,21H2,1-4H3,(H,33,38)(H,34,40). The number of anilines is 2. The summed E-state index contributed by atoms with van der Waals surface area (Å²) in [4.78, 5) is 44.7. The monoisotopic (exact) mass is 545 g/mol. The Balaban J connectivity index is 1.56. The van der Waals surface area contributed by atoms with Crippen molar-refractivity contribution in [1.29, 1.82) is 0 Å². The second-order valence-electron chi connectivity index (χ2n) is 11.0. The van der Waals surface area contributed by atoms with Crippen molar-refractivity contribution in [3.05, 3.63) is 95.3 Å². The van der Waals surface area contributed by atoms with Crippen LogP contribution in [0.1, 0.15) is 47.1 Å². The number of rotatable bonds is 6. The van der Waals surface area contributed by atoms with E-state index in [4.69, 9.17) is 0 Å². The van der Waals surface area contributed by atoms with Gasteiger partial charge in [0.05, 0.1) is 5.56 Å². The molecule has 1 fully saturated rings. The fraction of sp³-hybridized carbons (Fsp3) is 0.323. The summed E-state index contributed by atoms with van der Waals surface area (Å²) >= 11 is 0. The number of urea groups is 1. The maximum Gasteiger partial charge on any atom is 0.317 e. The molecule has 1 aliphatic heterocycles. The van der Waals surface area contributed by atoms with E-state index >= 15 is 0 Å². The fourth-order valence-corrected chi connectivity index (χ4v) is 4.55. The molecule has 210 valence electrons. The third kappa shape index (κ3) is 7.37. The normalized spacial score (nSPS) is 13.5. The summed E-state index contributed by atoms with van der Waals surface area (Å²) < 4.78 is 13.3. The van der Waals surface area contributed by atoms with Gasteiger partial charge in [-0.2, -0.15) is 0 Å². The number of carbonyl (C=O) groups excluding carboxylic acids is 3. The first-order chi connectivity index (χ1) is 19.0. The minimum Gasteiger partial charge on any atom is -0.367 e. The molecule has 40 heavy (non-hydrogen) atoms. The van der Waals surface area contributed by atoms with E-state index in [9.17, 15) is 18.8 Å². The molecule has 4 amide bonds. The summed E-state index contributed by atoms with van der Waals surface area (Å²) in [5.41, 5.74) is 2.62. The Morgan fingerprint density at radius 3 is 2.17 bits per heavy atom. The lowest BCUT2D eigenvalue weighted by atomic mass is 10.1. The maximum atomic E-state index is 13.8. The topological polar surface area (TPSA) is 85.0 Å². The van der Waals surface area contributed by atoms with E-state index in [1.165, 1.54) is 24.3 Å². The number of nitrogens with zero attached hydrogens (tertiary/aromatic N) is 3. The second-order valence-corrected chi connectivity index (χ2v) is 11.0. The Hall–Kier alpha value is -4.40. The van der Waals surface area contributed by atoms with Crippen LogP contribution in [0.4, 0.5) is 20.6 Å². The van der Waals surface area contributed by atoms with Crippen LogP contribution in [0.25, 0.3) is 0 Å². The molecule has 0 atom stereocenters. The fourth-order valence-electron chi connectivity index (χ4n) is 4.55. The number of amides is 4. The van der Waals surface area contributed by atoms with Crippen LogP contribution in [-0.2, 0) is 6.54 Å². The number of nitrogens with one attached hydrogen (secondary N) is 2. The molecule has 4 rings (SSSR count). The average Bonchev–Trinajstić information content (AvgIpc) is 2.92. The second kappa shape index (κ2) is 12.2. The first-order valence-electron chi connectivity index (χ1n) is 13.3. The van der Waals surface area contributed by atoms with Gasteiger partial charge in [0.1, 0.15) is 5.82 Å². The van der Waals surface area contributed by atoms with Gasteiger partial charge in [0, 0.05) is 62.2 Å². The molecule has 3 aromatic rings. The van der Waals surface area contributed by atoms with Crippen molar-refractivity contribution in [3.63, 3.8) is 0 Å². The zero-order valence-electron chi connectivity index (χ0n) is 23.4. The van der Waals surface area contributed by atoms with Crippen LogP contribution in [0.15, 0.2) is 72.8 Å². The lowest BCUT2D eigenvalue weighted by molar-refractivity contribution is 0.0785. The maximum absolute atomic E-state index is 13.8. The summed E-state index contributed by atoms with van der Waals surface area (Å²) in [5.74, 6) is -1.02. The van der Waals surface area contributed by atoms with Crippen LogP contribution in [0.2, 0.25) is 0 Å². The highest BCUT2D eigenvalue weighted by Crippen LogP contribution is 2.28. The highest BCUT2D eigenvalue weighted by Gasteiger charge is 2.27. The van der Waals surface area contributed by atoms with Crippen molar-refractivity contribution < 1.29 is 18.8 Å². The van der Waals surface area contributed by atoms with Crippen LogP contribution in [0, 0.1) is 5.82 Å². The van der Waals surface area contributed by atoms with E-state index in [1.54, 1.807) is 29.0 Å². The Morgan fingerprint density at radius 2 is 1.55 bits per heavy atom. The SMILES string of the molecule is CN(Cc1ccccc1)C(=O)c1cc(NC(=O)c2ccc(F)cc2)ccc1N1CCN(C(=O)NC(C)(C)C)CC1. The summed E-state index contributed by atoms with van der Waals surface area (Å²) in [6.45, 7) is 8.40. The van der Waals surface area contributed by atoms with E-state index in [-0.39, 0.29) is 17.5 Å². The van der Waals surface area contributed by atoms with Crippen LogP contribution in [-0.4, -0.2) is 66.4 Å². The van der Waals surface area contributed by atoms with E-state index in [1.807, 2.05) is 57.2 Å². The van der Waals surface area contributed by atoms with Gasteiger partial charge in [-0.25, -0.2) is 9.18 Å². The molecular formula is C31H36FN5O3. The molecule has 9 heteroatoms. The molecule has 0 radical (unpaired) electrons. The third-order valence-electron chi connectivity index (χ3n) is 6.59. The molecule has 3 aromatic carbocycles. The van der Waals surface area contributed by atoms with Crippen LogP contribution in [0.5, 0.6) is 0 Å². The van der Waals surface area contributed by atoms with E-state index < -0.39 is 11.7 Å². The molecule has 0 aromatic heterocycles. The number of hydrogen-bond acceptors (Lipinski definition) is 4. The van der Waals surface area contributed by atoms with Crippen LogP contribution in [0.3, 0.4) is 0 Å². The van der Waals surface area contributed by atoms with E-state index in [2.05, 4.69) is 15.5 Å². The Bertz CT molecular complexity index is 1350. The summed E-state index contributed by atoms with van der Waals surface area (Å²) in [6, 6.07) is 20.2. The van der Waals surface area contributed by atoms with Gasteiger partial charge in [-0.1, -0.05) is 30.3 Å². The smallest absolute Gasteiger partial charge is 0.317 e. The van der Waals surface area contributed by atoms with E-state index in [0.29, 0.717) is 49.5 Å². The quantitative estimate of drug-likeness (QED) is 0.458. The van der Waals surface area contributed by atoms with Crippen molar-refractivity contribution in [2.24, 2.45) is 0 Å². The van der Waals surface area contributed by atoms with Crippen molar-refractivity contribution >= 4 is 29.2 Å². The lowest BCUT2D eigenvalue weighted by Crippen LogP contribution is -2.55.